The first-order chi connectivity index (χ1) is 9.15. The number of nitrogens with zero attached hydrogens (tertiary/aromatic N) is 1. The zero-order valence-electron chi connectivity index (χ0n) is 10.9. The topological polar surface area (TPSA) is 42.4 Å². The summed E-state index contributed by atoms with van der Waals surface area (Å²) in [5, 5.41) is 9.05. The Labute approximate surface area is 111 Å². The number of hydrogen-bond acceptors (Lipinski definition) is 3. The maximum atomic E-state index is 13.7. The highest BCUT2D eigenvalue weighted by molar-refractivity contribution is 5.64. The van der Waals surface area contributed by atoms with Crippen LogP contribution in [0.5, 0.6) is 0 Å². The van der Waals surface area contributed by atoms with Crippen LogP contribution in [-0.4, -0.2) is 17.2 Å². The van der Waals surface area contributed by atoms with Crippen LogP contribution < -0.4 is 0 Å². The van der Waals surface area contributed by atoms with Gasteiger partial charge in [0, 0.05) is 12.7 Å². The van der Waals surface area contributed by atoms with Gasteiger partial charge in [-0.25, -0.2) is 4.39 Å². The van der Waals surface area contributed by atoms with Crippen molar-refractivity contribution >= 4 is 0 Å². The predicted octanol–water partition coefficient (Wildman–Crippen LogP) is 3.09. The number of ether oxygens (including phenoxy) is 1. The summed E-state index contributed by atoms with van der Waals surface area (Å²) < 4.78 is 19.0. The van der Waals surface area contributed by atoms with Crippen LogP contribution in [0.25, 0.3) is 11.1 Å². The van der Waals surface area contributed by atoms with E-state index in [2.05, 4.69) is 4.98 Å². The van der Waals surface area contributed by atoms with E-state index in [-0.39, 0.29) is 12.7 Å². The van der Waals surface area contributed by atoms with E-state index in [1.807, 2.05) is 31.2 Å². The molecule has 3 nitrogen and oxygen atoms in total. The molecule has 0 spiro atoms. The third-order valence-electron chi connectivity index (χ3n) is 3.12. The minimum Gasteiger partial charge on any atom is -0.390 e. The SMILES string of the molecule is COC(C)c1ccc(-c2cc(CO)ncc2F)cc1. The van der Waals surface area contributed by atoms with Gasteiger partial charge in [0.05, 0.1) is 24.6 Å². The quantitative estimate of drug-likeness (QED) is 0.919. The highest BCUT2D eigenvalue weighted by atomic mass is 19.1. The molecular formula is C15H16FNO2. The van der Waals surface area contributed by atoms with Crippen LogP contribution in [0.4, 0.5) is 4.39 Å². The molecule has 0 fully saturated rings. The number of aliphatic hydroxyl groups is 1. The molecule has 0 aliphatic rings. The lowest BCUT2D eigenvalue weighted by Gasteiger charge is -2.11. The molecule has 1 aromatic carbocycles. The number of hydrogen-bond donors (Lipinski definition) is 1. The lowest BCUT2D eigenvalue weighted by molar-refractivity contribution is 0.119. The summed E-state index contributed by atoms with van der Waals surface area (Å²) in [7, 11) is 1.65. The fraction of sp³-hybridized carbons (Fsp3) is 0.267. The van der Waals surface area contributed by atoms with Crippen LogP contribution in [0.2, 0.25) is 0 Å². The molecule has 1 unspecified atom stereocenters. The van der Waals surface area contributed by atoms with Crippen molar-refractivity contribution in [1.29, 1.82) is 0 Å². The molecule has 2 rings (SSSR count). The van der Waals surface area contributed by atoms with Gasteiger partial charge in [-0.05, 0) is 24.1 Å². The van der Waals surface area contributed by atoms with E-state index in [1.165, 1.54) is 0 Å². The first kappa shape index (κ1) is 13.6. The second-order valence-corrected chi connectivity index (χ2v) is 4.31. The van der Waals surface area contributed by atoms with E-state index < -0.39 is 5.82 Å². The molecule has 1 heterocycles. The number of methoxy groups -OCH3 is 1. The van der Waals surface area contributed by atoms with E-state index in [9.17, 15) is 4.39 Å². The molecule has 4 heteroatoms. The molecule has 0 bridgehead atoms. The lowest BCUT2D eigenvalue weighted by atomic mass is 10.0. The van der Waals surface area contributed by atoms with Gasteiger partial charge in [-0.1, -0.05) is 24.3 Å². The molecule has 19 heavy (non-hydrogen) atoms. The van der Waals surface area contributed by atoms with Crippen LogP contribution in [0, 0.1) is 5.82 Å². The van der Waals surface area contributed by atoms with Crippen molar-refractivity contribution in [3.8, 4) is 11.1 Å². The number of halogens is 1. The van der Waals surface area contributed by atoms with Crippen LogP contribution in [-0.2, 0) is 11.3 Å². The van der Waals surface area contributed by atoms with Crippen molar-refractivity contribution in [2.45, 2.75) is 19.6 Å². The molecule has 0 aliphatic carbocycles. The summed E-state index contributed by atoms with van der Waals surface area (Å²) in [4.78, 5) is 3.80. The number of aromatic nitrogens is 1. The molecule has 0 saturated carbocycles. The Morgan fingerprint density at radius 2 is 2.00 bits per heavy atom. The van der Waals surface area contributed by atoms with Gasteiger partial charge in [0.2, 0.25) is 0 Å². The van der Waals surface area contributed by atoms with Crippen molar-refractivity contribution in [3.05, 3.63) is 53.6 Å². The molecule has 1 N–H and O–H groups in total. The largest absolute Gasteiger partial charge is 0.390 e. The number of rotatable bonds is 4. The Hall–Kier alpha value is -1.78. The summed E-state index contributed by atoms with van der Waals surface area (Å²) in [5.41, 5.74) is 2.67. The average molecular weight is 261 g/mol. The fourth-order valence-corrected chi connectivity index (χ4v) is 1.86. The minimum absolute atomic E-state index is 0.00402. The predicted molar refractivity (Wildman–Crippen MR) is 71.0 cm³/mol. The van der Waals surface area contributed by atoms with Gasteiger partial charge in [-0.15, -0.1) is 0 Å². The van der Waals surface area contributed by atoms with Crippen molar-refractivity contribution in [2.24, 2.45) is 0 Å². The molecule has 100 valence electrons. The second-order valence-electron chi connectivity index (χ2n) is 4.31. The average Bonchev–Trinajstić information content (AvgIpc) is 2.47. The second kappa shape index (κ2) is 5.91. The highest BCUT2D eigenvalue weighted by Crippen LogP contribution is 2.25. The van der Waals surface area contributed by atoms with Gasteiger partial charge in [-0.2, -0.15) is 0 Å². The minimum atomic E-state index is -0.398. The monoisotopic (exact) mass is 261 g/mol. The molecule has 1 aromatic heterocycles. The van der Waals surface area contributed by atoms with E-state index in [4.69, 9.17) is 9.84 Å². The Kier molecular flexibility index (Phi) is 4.24. The molecule has 1 atom stereocenters. The van der Waals surface area contributed by atoms with Gasteiger partial charge in [0.25, 0.3) is 0 Å². The maximum Gasteiger partial charge on any atom is 0.149 e. The molecule has 0 saturated heterocycles. The van der Waals surface area contributed by atoms with Gasteiger partial charge in [-0.3, -0.25) is 4.98 Å². The van der Waals surface area contributed by atoms with Crippen molar-refractivity contribution < 1.29 is 14.2 Å². The van der Waals surface area contributed by atoms with Crippen molar-refractivity contribution in [1.82, 2.24) is 4.98 Å². The van der Waals surface area contributed by atoms with Gasteiger partial charge >= 0.3 is 0 Å². The van der Waals surface area contributed by atoms with Crippen LogP contribution in [0.3, 0.4) is 0 Å². The smallest absolute Gasteiger partial charge is 0.149 e. The summed E-state index contributed by atoms with van der Waals surface area (Å²) >= 11 is 0. The molecular weight excluding hydrogens is 245 g/mol. The first-order valence-corrected chi connectivity index (χ1v) is 6.04. The lowest BCUT2D eigenvalue weighted by Crippen LogP contribution is -1.96. The summed E-state index contributed by atoms with van der Waals surface area (Å²) in [6.07, 6.45) is 1.14. The summed E-state index contributed by atoms with van der Waals surface area (Å²) in [5.74, 6) is -0.398. The molecule has 0 aliphatic heterocycles. The molecule has 2 aromatic rings. The fourth-order valence-electron chi connectivity index (χ4n) is 1.86. The first-order valence-electron chi connectivity index (χ1n) is 6.04. The van der Waals surface area contributed by atoms with Gasteiger partial charge < -0.3 is 9.84 Å². The van der Waals surface area contributed by atoms with E-state index in [1.54, 1.807) is 13.2 Å². The van der Waals surface area contributed by atoms with Gasteiger partial charge in [0.1, 0.15) is 5.82 Å². The summed E-state index contributed by atoms with van der Waals surface area (Å²) in [6, 6.07) is 9.04. The Morgan fingerprint density at radius 3 is 2.58 bits per heavy atom. The molecule has 0 radical (unpaired) electrons. The van der Waals surface area contributed by atoms with Gasteiger partial charge in [0.15, 0.2) is 0 Å². The maximum absolute atomic E-state index is 13.7. The zero-order valence-corrected chi connectivity index (χ0v) is 10.9. The Morgan fingerprint density at radius 1 is 1.32 bits per heavy atom. The van der Waals surface area contributed by atoms with Crippen molar-refractivity contribution in [3.63, 3.8) is 0 Å². The number of benzene rings is 1. The Balaban J connectivity index is 2.36. The van der Waals surface area contributed by atoms with Crippen LogP contribution in [0.15, 0.2) is 36.5 Å². The van der Waals surface area contributed by atoms with E-state index in [0.717, 1.165) is 17.3 Å². The Bertz CT molecular complexity index is 555. The standard InChI is InChI=1S/C15H16FNO2/c1-10(19-2)11-3-5-12(6-4-11)14-7-13(9-18)17-8-15(14)16/h3-8,10,18H,9H2,1-2H3. The van der Waals surface area contributed by atoms with Crippen LogP contribution in [0.1, 0.15) is 24.3 Å². The summed E-state index contributed by atoms with van der Waals surface area (Å²) in [6.45, 7) is 1.75. The third kappa shape index (κ3) is 2.97. The highest BCUT2D eigenvalue weighted by Gasteiger charge is 2.09. The zero-order chi connectivity index (χ0) is 13.8. The van der Waals surface area contributed by atoms with Crippen molar-refractivity contribution in [2.75, 3.05) is 7.11 Å². The number of aliphatic hydroxyl groups excluding tert-OH is 1. The molecule has 0 amide bonds. The number of pyridine rings is 1. The van der Waals surface area contributed by atoms with E-state index >= 15 is 0 Å². The van der Waals surface area contributed by atoms with Crippen LogP contribution >= 0.6 is 0 Å². The normalized spacial score (nSPS) is 12.4. The van der Waals surface area contributed by atoms with E-state index in [0.29, 0.717) is 11.3 Å². The third-order valence-corrected chi connectivity index (χ3v) is 3.12.